The Kier molecular flexibility index (Phi) is 61.8. The van der Waals surface area contributed by atoms with Crippen LogP contribution in [0.5, 0.6) is 0 Å². The zero-order chi connectivity index (χ0) is 66.5. The molecule has 7 atom stereocenters. The smallest absolute Gasteiger partial charge is 0.462 e. The SMILES string of the molecule is CCCCCCCCCCCCCCCC(=O)O[C@H](COC(=O)CCCCCCC)COP(=O)(O)OC[C@H](O)COP(=O)(O)OC[C@@H](COC(=O)CCCCCCCCCCCCC(C)CC)OC(=O)CCCCCCCCCCCCCCCCC(C)CC. The second kappa shape index (κ2) is 63.1. The fourth-order valence-corrected chi connectivity index (χ4v) is 12.3. The molecule has 0 aromatic heterocycles. The summed E-state index contributed by atoms with van der Waals surface area (Å²) < 4.78 is 68.1. The second-order valence-corrected chi connectivity index (χ2v) is 29.0. The van der Waals surface area contributed by atoms with Crippen molar-refractivity contribution in [2.75, 3.05) is 39.6 Å². The van der Waals surface area contributed by atoms with E-state index in [0.29, 0.717) is 25.7 Å². The van der Waals surface area contributed by atoms with Gasteiger partial charge in [-0.25, -0.2) is 9.13 Å². The molecule has 0 spiro atoms. The van der Waals surface area contributed by atoms with Gasteiger partial charge in [0.2, 0.25) is 0 Å². The topological polar surface area (TPSA) is 237 Å². The van der Waals surface area contributed by atoms with Gasteiger partial charge in [-0.05, 0) is 37.5 Å². The van der Waals surface area contributed by atoms with Crippen LogP contribution >= 0.6 is 15.6 Å². The average Bonchev–Trinajstić information content (AvgIpc) is 3.74. The van der Waals surface area contributed by atoms with E-state index in [4.69, 9.17) is 37.0 Å². The van der Waals surface area contributed by atoms with Crippen LogP contribution in [0.1, 0.15) is 363 Å². The Hall–Kier alpha value is -1.94. The van der Waals surface area contributed by atoms with Gasteiger partial charge >= 0.3 is 39.5 Å². The minimum absolute atomic E-state index is 0.107. The first kappa shape index (κ1) is 88.1. The summed E-state index contributed by atoms with van der Waals surface area (Å²) in [4.78, 5) is 72.3. The number of phosphoric ester groups is 2. The zero-order valence-corrected chi connectivity index (χ0v) is 60.2. The quantitative estimate of drug-likeness (QED) is 0.0222. The highest BCUT2D eigenvalue weighted by atomic mass is 31.2. The minimum Gasteiger partial charge on any atom is -0.462 e. The largest absolute Gasteiger partial charge is 0.472 e. The summed E-state index contributed by atoms with van der Waals surface area (Å²) in [7, 11) is -9.89. The molecule has 0 fully saturated rings. The molecule has 4 unspecified atom stereocenters. The normalized spacial score (nSPS) is 14.7. The highest BCUT2D eigenvalue weighted by Crippen LogP contribution is 2.45. The molecule has 0 amide bonds. The van der Waals surface area contributed by atoms with Crippen molar-refractivity contribution in [3.05, 3.63) is 0 Å². The van der Waals surface area contributed by atoms with E-state index in [9.17, 15) is 43.2 Å². The van der Waals surface area contributed by atoms with Crippen molar-refractivity contribution in [3.8, 4) is 0 Å². The van der Waals surface area contributed by atoms with Gasteiger partial charge in [-0.15, -0.1) is 0 Å². The van der Waals surface area contributed by atoms with Crippen LogP contribution in [0, 0.1) is 11.8 Å². The maximum Gasteiger partial charge on any atom is 0.472 e. The van der Waals surface area contributed by atoms with Gasteiger partial charge in [-0.3, -0.25) is 37.3 Å². The fraction of sp³-hybridized carbons (Fsp3) is 0.944. The van der Waals surface area contributed by atoms with Crippen molar-refractivity contribution in [1.29, 1.82) is 0 Å². The maximum absolute atomic E-state index is 13.0. The van der Waals surface area contributed by atoms with Crippen molar-refractivity contribution < 1.29 is 80.2 Å². The number of hydrogen-bond acceptors (Lipinski definition) is 15. The van der Waals surface area contributed by atoms with E-state index in [0.717, 1.165) is 108 Å². The first-order valence-corrected chi connectivity index (χ1v) is 40.1. The lowest BCUT2D eigenvalue weighted by Gasteiger charge is -2.21. The standard InChI is InChI=1S/C71H138O17P2/c1-7-11-13-15-16-17-18-21-25-32-37-43-49-55-70(75)87-66(59-81-68(73)53-47-39-14-12-8-2)61-85-89(77,78)83-57-65(72)58-84-90(79,80)86-62-67(60-82-69(74)54-48-42-36-31-28-27-30-35-41-46-52-64(6)10-4)88-71(76)56-50-44-38-33-26-23-20-19-22-24-29-34-40-45-51-63(5)9-3/h63-67,72H,7-62H2,1-6H3,(H,77,78)(H,79,80)/t63?,64?,65-,66+,67+/m0/s1. The maximum atomic E-state index is 13.0. The number of esters is 4. The summed E-state index contributed by atoms with van der Waals surface area (Å²) in [5, 5.41) is 10.6. The number of ether oxygens (including phenoxy) is 4. The average molecular weight is 1330 g/mol. The molecule has 3 N–H and O–H groups in total. The third-order valence-corrected chi connectivity index (χ3v) is 19.1. The lowest BCUT2D eigenvalue weighted by atomic mass is 9.99. The molecular weight excluding hydrogens is 1190 g/mol. The van der Waals surface area contributed by atoms with Crippen LogP contribution in [0.15, 0.2) is 0 Å². The second-order valence-electron chi connectivity index (χ2n) is 26.1. The molecule has 0 aliphatic carbocycles. The summed E-state index contributed by atoms with van der Waals surface area (Å²) in [6.45, 7) is 9.56. The van der Waals surface area contributed by atoms with Gasteiger partial charge in [0.1, 0.15) is 19.3 Å². The number of hydrogen-bond donors (Lipinski definition) is 3. The molecule has 17 nitrogen and oxygen atoms in total. The summed E-state index contributed by atoms with van der Waals surface area (Å²) in [6.07, 6.45) is 48.7. The van der Waals surface area contributed by atoms with E-state index in [1.54, 1.807) is 0 Å². The van der Waals surface area contributed by atoms with Gasteiger partial charge in [0.25, 0.3) is 0 Å². The number of carbonyl (C=O) groups excluding carboxylic acids is 4. The van der Waals surface area contributed by atoms with E-state index >= 15 is 0 Å². The van der Waals surface area contributed by atoms with E-state index in [2.05, 4.69) is 41.5 Å². The first-order valence-electron chi connectivity index (χ1n) is 37.1. The Morgan fingerprint density at radius 2 is 0.533 bits per heavy atom. The molecule has 19 heteroatoms. The van der Waals surface area contributed by atoms with Gasteiger partial charge in [0.05, 0.1) is 26.4 Å². The molecule has 90 heavy (non-hydrogen) atoms. The van der Waals surface area contributed by atoms with E-state index < -0.39 is 97.5 Å². The van der Waals surface area contributed by atoms with Gasteiger partial charge in [-0.2, -0.15) is 0 Å². The molecule has 0 saturated carbocycles. The predicted molar refractivity (Wildman–Crippen MR) is 363 cm³/mol. The van der Waals surface area contributed by atoms with Crippen molar-refractivity contribution in [2.45, 2.75) is 381 Å². The Morgan fingerprint density at radius 3 is 0.789 bits per heavy atom. The molecule has 0 aromatic carbocycles. The van der Waals surface area contributed by atoms with E-state index in [1.165, 1.54) is 173 Å². The van der Waals surface area contributed by atoms with Crippen LogP contribution in [0.2, 0.25) is 0 Å². The van der Waals surface area contributed by atoms with Crippen molar-refractivity contribution in [3.63, 3.8) is 0 Å². The van der Waals surface area contributed by atoms with Crippen molar-refractivity contribution >= 4 is 39.5 Å². The molecule has 0 aromatic rings. The molecule has 0 heterocycles. The molecule has 0 saturated heterocycles. The predicted octanol–water partition coefficient (Wildman–Crippen LogP) is 20.4. The number of aliphatic hydroxyl groups is 1. The van der Waals surface area contributed by atoms with Gasteiger partial charge in [0.15, 0.2) is 12.2 Å². The number of phosphoric acid groups is 2. The monoisotopic (exact) mass is 1320 g/mol. The molecule has 0 aliphatic rings. The summed E-state index contributed by atoms with van der Waals surface area (Å²) in [5.74, 6) is -0.477. The molecule has 0 bridgehead atoms. The van der Waals surface area contributed by atoms with Gasteiger partial charge in [0, 0.05) is 25.7 Å². The Balaban J connectivity index is 5.16. The lowest BCUT2D eigenvalue weighted by molar-refractivity contribution is -0.161. The number of unbranched alkanes of at least 4 members (excludes halogenated alkanes) is 38. The number of aliphatic hydroxyl groups excluding tert-OH is 1. The number of rotatable bonds is 70. The van der Waals surface area contributed by atoms with Crippen LogP contribution in [-0.4, -0.2) is 96.7 Å². The van der Waals surface area contributed by atoms with Crippen LogP contribution in [-0.2, 0) is 65.4 Å². The minimum atomic E-state index is -4.95. The Morgan fingerprint density at radius 1 is 0.311 bits per heavy atom. The Labute approximate surface area is 549 Å². The van der Waals surface area contributed by atoms with Gasteiger partial charge < -0.3 is 33.8 Å². The van der Waals surface area contributed by atoms with Crippen LogP contribution in [0.25, 0.3) is 0 Å². The van der Waals surface area contributed by atoms with Gasteiger partial charge in [-0.1, -0.05) is 311 Å². The van der Waals surface area contributed by atoms with E-state index in [1.807, 2.05) is 0 Å². The summed E-state index contributed by atoms with van der Waals surface area (Å²) >= 11 is 0. The highest BCUT2D eigenvalue weighted by molar-refractivity contribution is 7.47. The molecular formula is C71H138O17P2. The molecule has 0 radical (unpaired) electrons. The molecule has 534 valence electrons. The highest BCUT2D eigenvalue weighted by Gasteiger charge is 2.30. The van der Waals surface area contributed by atoms with Crippen LogP contribution in [0.4, 0.5) is 0 Å². The third-order valence-electron chi connectivity index (χ3n) is 17.2. The molecule has 0 rings (SSSR count). The van der Waals surface area contributed by atoms with Crippen LogP contribution < -0.4 is 0 Å². The summed E-state index contributed by atoms with van der Waals surface area (Å²) in [5.41, 5.74) is 0. The van der Waals surface area contributed by atoms with E-state index in [-0.39, 0.29) is 25.7 Å². The van der Waals surface area contributed by atoms with Crippen LogP contribution in [0.3, 0.4) is 0 Å². The Bertz CT molecular complexity index is 1760. The number of carbonyl (C=O) groups is 4. The third kappa shape index (κ3) is 62.2. The summed E-state index contributed by atoms with van der Waals surface area (Å²) in [6, 6.07) is 0. The lowest BCUT2D eigenvalue weighted by Crippen LogP contribution is -2.30. The first-order chi connectivity index (χ1) is 43.4. The molecule has 0 aliphatic heterocycles. The van der Waals surface area contributed by atoms with Crippen molar-refractivity contribution in [1.82, 2.24) is 0 Å². The van der Waals surface area contributed by atoms with Crippen molar-refractivity contribution in [2.24, 2.45) is 11.8 Å². The fourth-order valence-electron chi connectivity index (χ4n) is 10.7. The zero-order valence-electron chi connectivity index (χ0n) is 58.4.